The summed E-state index contributed by atoms with van der Waals surface area (Å²) in [6.45, 7) is 0. The molecular weight excluding hydrogens is 265 g/mol. The van der Waals surface area contributed by atoms with E-state index in [9.17, 15) is 14.5 Å². The summed E-state index contributed by atoms with van der Waals surface area (Å²) < 4.78 is 19.2. The number of ether oxygens (including phenoxy) is 1. The number of rotatable bonds is 4. The molecule has 0 aromatic heterocycles. The van der Waals surface area contributed by atoms with Gasteiger partial charge < -0.3 is 10.1 Å². The molecule has 1 N–H and O–H groups in total. The van der Waals surface area contributed by atoms with Crippen molar-refractivity contribution in [3.8, 4) is 11.8 Å². The highest BCUT2D eigenvalue weighted by Gasteiger charge is 2.39. The minimum Gasteiger partial charge on any atom is -0.487 e. The molecule has 0 heterocycles. The second-order valence-electron chi connectivity index (χ2n) is 4.80. The standard InChI is InChI=1S/C13H14FN3O3/c1-16-13(8-15)5-4-10(7-13)20-12-3-2-9(17(18)19)6-11(12)14/h2-3,6,10,16H,4-5,7H2,1H3. The number of nitro benzene ring substituents is 1. The summed E-state index contributed by atoms with van der Waals surface area (Å²) in [6.07, 6.45) is 1.43. The van der Waals surface area contributed by atoms with Crippen LogP contribution in [0.5, 0.6) is 5.75 Å². The first-order chi connectivity index (χ1) is 9.49. The van der Waals surface area contributed by atoms with Crippen LogP contribution in [0.4, 0.5) is 10.1 Å². The minimum atomic E-state index is -0.766. The fourth-order valence-corrected chi connectivity index (χ4v) is 2.36. The van der Waals surface area contributed by atoms with Crippen LogP contribution in [-0.2, 0) is 0 Å². The monoisotopic (exact) mass is 279 g/mol. The third kappa shape index (κ3) is 2.70. The van der Waals surface area contributed by atoms with E-state index in [0.717, 1.165) is 6.07 Å². The Bertz CT molecular complexity index is 572. The summed E-state index contributed by atoms with van der Waals surface area (Å²) in [5.74, 6) is -0.788. The molecular formula is C13H14FN3O3. The highest BCUT2D eigenvalue weighted by atomic mass is 19.1. The maximum Gasteiger partial charge on any atom is 0.272 e. The van der Waals surface area contributed by atoms with E-state index in [0.29, 0.717) is 19.3 Å². The van der Waals surface area contributed by atoms with E-state index in [-0.39, 0.29) is 17.5 Å². The van der Waals surface area contributed by atoms with E-state index >= 15 is 0 Å². The van der Waals surface area contributed by atoms with E-state index in [1.54, 1.807) is 7.05 Å². The van der Waals surface area contributed by atoms with E-state index < -0.39 is 16.3 Å². The van der Waals surface area contributed by atoms with Gasteiger partial charge in [-0.05, 0) is 26.0 Å². The molecule has 0 radical (unpaired) electrons. The highest BCUT2D eigenvalue weighted by molar-refractivity contribution is 5.37. The van der Waals surface area contributed by atoms with Gasteiger partial charge in [-0.1, -0.05) is 0 Å². The predicted octanol–water partition coefficient (Wildman–Crippen LogP) is 2.15. The van der Waals surface area contributed by atoms with Gasteiger partial charge in [0.05, 0.1) is 17.1 Å². The van der Waals surface area contributed by atoms with Crippen LogP contribution in [0.25, 0.3) is 0 Å². The van der Waals surface area contributed by atoms with Crippen LogP contribution in [0.2, 0.25) is 0 Å². The fraction of sp³-hybridized carbons (Fsp3) is 0.462. The summed E-state index contributed by atoms with van der Waals surface area (Å²) >= 11 is 0. The summed E-state index contributed by atoms with van der Waals surface area (Å²) in [7, 11) is 1.71. The molecule has 0 saturated heterocycles. The Morgan fingerprint density at radius 3 is 2.90 bits per heavy atom. The van der Waals surface area contributed by atoms with E-state index in [1.165, 1.54) is 12.1 Å². The van der Waals surface area contributed by atoms with Crippen LogP contribution in [0.1, 0.15) is 19.3 Å². The van der Waals surface area contributed by atoms with Crippen molar-refractivity contribution in [1.29, 1.82) is 5.26 Å². The van der Waals surface area contributed by atoms with Gasteiger partial charge in [0.15, 0.2) is 11.6 Å². The third-order valence-corrected chi connectivity index (χ3v) is 3.58. The number of halogens is 1. The number of non-ortho nitro benzene ring substituents is 1. The van der Waals surface area contributed by atoms with Gasteiger partial charge in [0.2, 0.25) is 0 Å². The first-order valence-corrected chi connectivity index (χ1v) is 6.20. The second kappa shape index (κ2) is 5.43. The van der Waals surface area contributed by atoms with Crippen LogP contribution in [0.3, 0.4) is 0 Å². The molecule has 1 aliphatic carbocycles. The van der Waals surface area contributed by atoms with Gasteiger partial charge in [-0.3, -0.25) is 10.1 Å². The average molecular weight is 279 g/mol. The maximum absolute atomic E-state index is 13.7. The Balaban J connectivity index is 2.09. The fourth-order valence-electron chi connectivity index (χ4n) is 2.36. The molecule has 0 spiro atoms. The van der Waals surface area contributed by atoms with Crippen LogP contribution in [0, 0.1) is 27.3 Å². The van der Waals surface area contributed by atoms with Crippen LogP contribution in [-0.4, -0.2) is 23.6 Å². The Morgan fingerprint density at radius 1 is 1.65 bits per heavy atom. The Hall–Kier alpha value is -2.20. The van der Waals surface area contributed by atoms with Gasteiger partial charge in [-0.25, -0.2) is 4.39 Å². The molecule has 2 atom stereocenters. The number of benzene rings is 1. The van der Waals surface area contributed by atoms with E-state index in [2.05, 4.69) is 11.4 Å². The number of nitrogens with zero attached hydrogens (tertiary/aromatic N) is 2. The number of hydrogen-bond donors (Lipinski definition) is 1. The lowest BCUT2D eigenvalue weighted by Gasteiger charge is -2.20. The Morgan fingerprint density at radius 2 is 2.40 bits per heavy atom. The molecule has 0 bridgehead atoms. The van der Waals surface area contributed by atoms with E-state index in [4.69, 9.17) is 10.00 Å². The molecule has 0 aliphatic heterocycles. The number of nitriles is 1. The molecule has 106 valence electrons. The molecule has 20 heavy (non-hydrogen) atoms. The van der Waals surface area contributed by atoms with E-state index in [1.807, 2.05) is 0 Å². The molecule has 7 heteroatoms. The number of nitrogens with one attached hydrogen (secondary N) is 1. The Kier molecular flexibility index (Phi) is 3.86. The van der Waals surface area contributed by atoms with Crippen LogP contribution >= 0.6 is 0 Å². The zero-order valence-corrected chi connectivity index (χ0v) is 10.9. The number of hydrogen-bond acceptors (Lipinski definition) is 5. The summed E-state index contributed by atoms with van der Waals surface area (Å²) in [6, 6.07) is 5.49. The largest absolute Gasteiger partial charge is 0.487 e. The van der Waals surface area contributed by atoms with Crippen molar-refractivity contribution in [1.82, 2.24) is 5.32 Å². The van der Waals surface area contributed by atoms with Gasteiger partial charge in [0, 0.05) is 12.5 Å². The SMILES string of the molecule is CNC1(C#N)CCC(Oc2ccc([N+](=O)[O-])cc2F)C1. The molecule has 0 amide bonds. The second-order valence-corrected chi connectivity index (χ2v) is 4.80. The van der Waals surface area contributed by atoms with Crippen molar-refractivity contribution < 1.29 is 14.1 Å². The van der Waals surface area contributed by atoms with Crippen molar-refractivity contribution in [2.24, 2.45) is 0 Å². The molecule has 1 fully saturated rings. The zero-order valence-electron chi connectivity index (χ0n) is 10.9. The molecule has 1 aromatic carbocycles. The number of nitro groups is 1. The molecule has 1 saturated carbocycles. The summed E-state index contributed by atoms with van der Waals surface area (Å²) in [5.41, 5.74) is -0.954. The Labute approximate surface area is 115 Å². The van der Waals surface area contributed by atoms with Crippen molar-refractivity contribution in [3.05, 3.63) is 34.1 Å². The van der Waals surface area contributed by atoms with Crippen molar-refractivity contribution in [2.75, 3.05) is 7.05 Å². The lowest BCUT2D eigenvalue weighted by atomic mass is 10.0. The van der Waals surface area contributed by atoms with Gasteiger partial charge in [-0.15, -0.1) is 0 Å². The molecule has 6 nitrogen and oxygen atoms in total. The lowest BCUT2D eigenvalue weighted by molar-refractivity contribution is -0.385. The normalized spacial score (nSPS) is 25.1. The van der Waals surface area contributed by atoms with Crippen molar-refractivity contribution in [2.45, 2.75) is 30.9 Å². The average Bonchev–Trinajstić information content (AvgIpc) is 2.85. The maximum atomic E-state index is 13.7. The smallest absolute Gasteiger partial charge is 0.272 e. The van der Waals surface area contributed by atoms with Gasteiger partial charge >= 0.3 is 0 Å². The van der Waals surface area contributed by atoms with Crippen molar-refractivity contribution >= 4 is 5.69 Å². The van der Waals surface area contributed by atoms with Gasteiger partial charge in [-0.2, -0.15) is 5.26 Å². The van der Waals surface area contributed by atoms with Crippen molar-refractivity contribution in [3.63, 3.8) is 0 Å². The zero-order chi connectivity index (χ0) is 14.8. The molecule has 2 rings (SSSR count). The highest BCUT2D eigenvalue weighted by Crippen LogP contribution is 2.33. The van der Waals surface area contributed by atoms with Crippen LogP contribution < -0.4 is 10.1 Å². The molecule has 2 unspecified atom stereocenters. The third-order valence-electron chi connectivity index (χ3n) is 3.58. The van der Waals surface area contributed by atoms with Gasteiger partial charge in [0.1, 0.15) is 11.6 Å². The first kappa shape index (κ1) is 14.2. The topological polar surface area (TPSA) is 88.2 Å². The molecule has 1 aromatic rings. The van der Waals surface area contributed by atoms with Gasteiger partial charge in [0.25, 0.3) is 5.69 Å². The predicted molar refractivity (Wildman–Crippen MR) is 68.7 cm³/mol. The summed E-state index contributed by atoms with van der Waals surface area (Å²) in [4.78, 5) is 9.86. The minimum absolute atomic E-state index is 0.0227. The quantitative estimate of drug-likeness (QED) is 0.674. The lowest BCUT2D eigenvalue weighted by Crippen LogP contribution is -2.39. The molecule has 1 aliphatic rings. The van der Waals surface area contributed by atoms with Crippen LogP contribution in [0.15, 0.2) is 18.2 Å². The summed E-state index contributed by atoms with van der Waals surface area (Å²) in [5, 5.41) is 22.6. The first-order valence-electron chi connectivity index (χ1n) is 6.20.